The Bertz CT molecular complexity index is 222. The van der Waals surface area contributed by atoms with Crippen LogP contribution in [0.3, 0.4) is 0 Å². The van der Waals surface area contributed by atoms with Gasteiger partial charge in [-0.3, -0.25) is 4.68 Å². The molecule has 0 fully saturated rings. The largest absolute Gasteiger partial charge is 0.378 e. The minimum Gasteiger partial charge on any atom is -0.378 e. The Hall–Kier alpha value is -0.100. The molecule has 1 aromatic rings. The van der Waals surface area contributed by atoms with Crippen LogP contribution in [0.2, 0.25) is 0 Å². The normalized spacial score (nSPS) is 10.3. The summed E-state index contributed by atoms with van der Waals surface area (Å²) in [4.78, 5) is 0. The van der Waals surface area contributed by atoms with E-state index < -0.39 is 0 Å². The Morgan fingerprint density at radius 3 is 2.90 bits per heavy atom. The molecule has 0 aliphatic carbocycles. The molecular weight excluding hydrogens is 243 g/mol. The van der Waals surface area contributed by atoms with Crippen molar-refractivity contribution in [2.75, 3.05) is 7.11 Å². The van der Waals surface area contributed by atoms with E-state index in [4.69, 9.17) is 4.74 Å². The maximum absolute atomic E-state index is 4.94. The molecule has 0 N–H and O–H groups in total. The maximum Gasteiger partial charge on any atom is 0.101 e. The van der Waals surface area contributed by atoms with Gasteiger partial charge >= 0.3 is 0 Å². The number of aryl methyl sites for hydroxylation is 1. The van der Waals surface area contributed by atoms with Crippen molar-refractivity contribution in [3.8, 4) is 0 Å². The number of ether oxygens (including phenoxy) is 1. The smallest absolute Gasteiger partial charge is 0.101 e. The summed E-state index contributed by atoms with van der Waals surface area (Å²) in [5.74, 6) is 0. The average molecular weight is 252 g/mol. The van der Waals surface area contributed by atoms with Crippen molar-refractivity contribution in [2.24, 2.45) is 7.05 Å². The maximum atomic E-state index is 4.94. The first-order valence-electron chi connectivity index (χ1n) is 2.91. The quantitative estimate of drug-likeness (QED) is 0.739. The summed E-state index contributed by atoms with van der Waals surface area (Å²) < 4.78 is 7.88. The molecule has 1 heterocycles. The second kappa shape index (κ2) is 3.34. The number of hydrogen-bond donors (Lipinski definition) is 0. The fourth-order valence-electron chi connectivity index (χ4n) is 0.740. The highest BCUT2D eigenvalue weighted by atomic mass is 127. The molecule has 10 heavy (non-hydrogen) atoms. The second-order valence-corrected chi connectivity index (χ2v) is 3.19. The van der Waals surface area contributed by atoms with Crippen LogP contribution in [-0.4, -0.2) is 16.9 Å². The summed E-state index contributed by atoms with van der Waals surface area (Å²) in [5, 5.41) is 4.18. The molecule has 4 heteroatoms. The van der Waals surface area contributed by atoms with Gasteiger partial charge in [-0.05, 0) is 22.6 Å². The van der Waals surface area contributed by atoms with Gasteiger partial charge in [0.15, 0.2) is 0 Å². The van der Waals surface area contributed by atoms with Gasteiger partial charge in [0.05, 0.1) is 10.2 Å². The van der Waals surface area contributed by atoms with E-state index in [1.54, 1.807) is 11.8 Å². The number of aromatic nitrogens is 2. The summed E-state index contributed by atoms with van der Waals surface area (Å²) in [6.07, 6.45) is 1.97. The number of halogens is 1. The standard InChI is InChI=1S/C6H9IN2O/c1-9-3-5(7)6(8-9)4-10-2/h3H,4H2,1-2H3. The zero-order valence-corrected chi connectivity index (χ0v) is 8.12. The third kappa shape index (κ3) is 1.69. The highest BCUT2D eigenvalue weighted by molar-refractivity contribution is 14.1. The number of methoxy groups -OCH3 is 1. The van der Waals surface area contributed by atoms with Crippen LogP contribution in [0.25, 0.3) is 0 Å². The number of rotatable bonds is 2. The van der Waals surface area contributed by atoms with Gasteiger partial charge in [0.25, 0.3) is 0 Å². The van der Waals surface area contributed by atoms with Gasteiger partial charge in [-0.25, -0.2) is 0 Å². The highest BCUT2D eigenvalue weighted by Crippen LogP contribution is 2.09. The average Bonchev–Trinajstić information content (AvgIpc) is 2.13. The van der Waals surface area contributed by atoms with Crippen LogP contribution >= 0.6 is 22.6 Å². The monoisotopic (exact) mass is 252 g/mol. The molecule has 0 bridgehead atoms. The lowest BCUT2D eigenvalue weighted by Crippen LogP contribution is -1.92. The van der Waals surface area contributed by atoms with Crippen LogP contribution in [0.15, 0.2) is 6.20 Å². The Morgan fingerprint density at radius 2 is 2.50 bits per heavy atom. The topological polar surface area (TPSA) is 27.1 Å². The molecule has 0 atom stereocenters. The van der Waals surface area contributed by atoms with Crippen LogP contribution in [0.5, 0.6) is 0 Å². The SMILES string of the molecule is COCc1nn(C)cc1I. The molecule has 0 unspecified atom stereocenters. The molecule has 56 valence electrons. The van der Waals surface area contributed by atoms with Gasteiger partial charge in [0.1, 0.15) is 5.69 Å². The van der Waals surface area contributed by atoms with E-state index in [-0.39, 0.29) is 0 Å². The Morgan fingerprint density at radius 1 is 1.80 bits per heavy atom. The highest BCUT2D eigenvalue weighted by Gasteiger charge is 2.02. The van der Waals surface area contributed by atoms with Crippen molar-refractivity contribution < 1.29 is 4.74 Å². The van der Waals surface area contributed by atoms with Crippen molar-refractivity contribution >= 4 is 22.6 Å². The van der Waals surface area contributed by atoms with E-state index in [1.165, 1.54) is 0 Å². The Balaban J connectivity index is 2.81. The van der Waals surface area contributed by atoms with Gasteiger partial charge < -0.3 is 4.74 Å². The molecule has 0 saturated carbocycles. The molecule has 0 radical (unpaired) electrons. The van der Waals surface area contributed by atoms with Crippen LogP contribution in [0.1, 0.15) is 5.69 Å². The molecule has 0 amide bonds. The third-order valence-corrected chi connectivity index (χ3v) is 2.04. The van der Waals surface area contributed by atoms with Crippen LogP contribution < -0.4 is 0 Å². The van der Waals surface area contributed by atoms with E-state index >= 15 is 0 Å². The fraction of sp³-hybridized carbons (Fsp3) is 0.500. The van der Waals surface area contributed by atoms with Gasteiger partial charge in [-0.1, -0.05) is 0 Å². The third-order valence-electron chi connectivity index (χ3n) is 1.14. The zero-order chi connectivity index (χ0) is 7.56. The summed E-state index contributed by atoms with van der Waals surface area (Å²) in [5.41, 5.74) is 1.01. The van der Waals surface area contributed by atoms with Gasteiger partial charge in [0, 0.05) is 20.4 Å². The minimum absolute atomic E-state index is 0.596. The molecule has 0 spiro atoms. The predicted octanol–water partition coefficient (Wildman–Crippen LogP) is 1.17. The summed E-state index contributed by atoms with van der Waals surface area (Å²) in [6, 6.07) is 0. The van der Waals surface area contributed by atoms with Crippen molar-refractivity contribution in [1.29, 1.82) is 0 Å². The zero-order valence-electron chi connectivity index (χ0n) is 5.97. The predicted molar refractivity (Wildman–Crippen MR) is 46.6 cm³/mol. The molecule has 1 aromatic heterocycles. The van der Waals surface area contributed by atoms with E-state index in [2.05, 4.69) is 27.7 Å². The molecule has 0 aromatic carbocycles. The minimum atomic E-state index is 0.596. The Labute approximate surface area is 73.5 Å². The molecule has 0 aliphatic rings. The van der Waals surface area contributed by atoms with Gasteiger partial charge in [0.2, 0.25) is 0 Å². The molecule has 1 rings (SSSR count). The fourth-order valence-corrected chi connectivity index (χ4v) is 1.41. The van der Waals surface area contributed by atoms with Crippen molar-refractivity contribution in [2.45, 2.75) is 6.61 Å². The lowest BCUT2D eigenvalue weighted by Gasteiger charge is -1.91. The van der Waals surface area contributed by atoms with E-state index in [0.717, 1.165) is 9.26 Å². The first kappa shape index (κ1) is 8.00. The summed E-state index contributed by atoms with van der Waals surface area (Å²) in [6.45, 7) is 0.596. The van der Waals surface area contributed by atoms with Crippen molar-refractivity contribution in [3.05, 3.63) is 15.5 Å². The van der Waals surface area contributed by atoms with Crippen molar-refractivity contribution in [1.82, 2.24) is 9.78 Å². The van der Waals surface area contributed by atoms with Crippen LogP contribution in [-0.2, 0) is 18.4 Å². The first-order valence-corrected chi connectivity index (χ1v) is 3.99. The number of hydrogen-bond acceptors (Lipinski definition) is 2. The second-order valence-electron chi connectivity index (χ2n) is 2.03. The van der Waals surface area contributed by atoms with Gasteiger partial charge in [-0.15, -0.1) is 0 Å². The summed E-state index contributed by atoms with van der Waals surface area (Å²) >= 11 is 2.24. The van der Waals surface area contributed by atoms with E-state index in [9.17, 15) is 0 Å². The number of nitrogens with zero attached hydrogens (tertiary/aromatic N) is 2. The Kier molecular flexibility index (Phi) is 2.67. The lowest BCUT2D eigenvalue weighted by molar-refractivity contribution is 0.180. The lowest BCUT2D eigenvalue weighted by atomic mass is 10.5. The van der Waals surface area contributed by atoms with E-state index in [1.807, 2.05) is 13.2 Å². The molecule has 0 aliphatic heterocycles. The van der Waals surface area contributed by atoms with Crippen LogP contribution in [0.4, 0.5) is 0 Å². The molecule has 0 saturated heterocycles. The van der Waals surface area contributed by atoms with Gasteiger partial charge in [-0.2, -0.15) is 5.10 Å². The molecule has 3 nitrogen and oxygen atoms in total. The molecular formula is C6H9IN2O. The first-order chi connectivity index (χ1) is 4.74. The van der Waals surface area contributed by atoms with Crippen molar-refractivity contribution in [3.63, 3.8) is 0 Å². The summed E-state index contributed by atoms with van der Waals surface area (Å²) in [7, 11) is 3.58. The van der Waals surface area contributed by atoms with E-state index in [0.29, 0.717) is 6.61 Å². The van der Waals surface area contributed by atoms with Crippen LogP contribution in [0, 0.1) is 3.57 Å².